The molecule has 1 unspecified atom stereocenters. The third-order valence-electron chi connectivity index (χ3n) is 1.60. The third kappa shape index (κ3) is 2.79. The Morgan fingerprint density at radius 3 is 2.77 bits per heavy atom. The van der Waals surface area contributed by atoms with Crippen LogP contribution in [-0.2, 0) is 0 Å². The van der Waals surface area contributed by atoms with Crippen molar-refractivity contribution in [2.24, 2.45) is 5.73 Å². The number of ether oxygens (including phenoxy) is 1. The van der Waals surface area contributed by atoms with Gasteiger partial charge in [-0.25, -0.2) is 0 Å². The van der Waals surface area contributed by atoms with Crippen molar-refractivity contribution in [1.82, 2.24) is 0 Å². The number of rotatable bonds is 3. The Balaban J connectivity index is 2.92. The van der Waals surface area contributed by atoms with Gasteiger partial charge in [0.25, 0.3) is 0 Å². The van der Waals surface area contributed by atoms with E-state index in [1.807, 2.05) is 13.0 Å². The SMILES string of the molecule is CCOc1ccc(C(N)S)cc1Cl. The molecule has 72 valence electrons. The molecule has 2 nitrogen and oxygen atoms in total. The van der Waals surface area contributed by atoms with Crippen molar-refractivity contribution < 1.29 is 4.74 Å². The van der Waals surface area contributed by atoms with Gasteiger partial charge in [0.15, 0.2) is 0 Å². The molecule has 13 heavy (non-hydrogen) atoms. The van der Waals surface area contributed by atoms with Gasteiger partial charge in [0.2, 0.25) is 0 Å². The summed E-state index contributed by atoms with van der Waals surface area (Å²) >= 11 is 10.0. The molecule has 0 fully saturated rings. The number of benzene rings is 1. The predicted octanol–water partition coefficient (Wildman–Crippen LogP) is 2.63. The molecule has 0 spiro atoms. The Bertz CT molecular complexity index is 291. The number of hydrogen-bond donors (Lipinski definition) is 2. The lowest BCUT2D eigenvalue weighted by Crippen LogP contribution is -2.02. The predicted molar refractivity (Wildman–Crippen MR) is 58.5 cm³/mol. The molecule has 2 N–H and O–H groups in total. The topological polar surface area (TPSA) is 35.2 Å². The van der Waals surface area contributed by atoms with Crippen molar-refractivity contribution in [2.75, 3.05) is 6.61 Å². The normalized spacial score (nSPS) is 12.6. The van der Waals surface area contributed by atoms with Gasteiger partial charge in [-0.05, 0) is 24.6 Å². The van der Waals surface area contributed by atoms with Crippen molar-refractivity contribution in [2.45, 2.75) is 12.3 Å². The fourth-order valence-electron chi connectivity index (χ4n) is 0.974. The fourth-order valence-corrected chi connectivity index (χ4v) is 1.38. The zero-order chi connectivity index (χ0) is 9.84. The van der Waals surface area contributed by atoms with E-state index in [0.29, 0.717) is 17.4 Å². The molecule has 0 radical (unpaired) electrons. The standard InChI is InChI=1S/C9H12ClNOS/c1-2-12-8-4-3-6(9(11)13)5-7(8)10/h3-5,9,13H,2,11H2,1H3. The first-order valence-electron chi connectivity index (χ1n) is 4.01. The van der Waals surface area contributed by atoms with Gasteiger partial charge in [-0.3, -0.25) is 0 Å². The Morgan fingerprint density at radius 2 is 2.31 bits per heavy atom. The van der Waals surface area contributed by atoms with Gasteiger partial charge in [-0.1, -0.05) is 17.7 Å². The maximum atomic E-state index is 5.94. The van der Waals surface area contributed by atoms with Gasteiger partial charge in [-0.15, -0.1) is 0 Å². The molecule has 1 aromatic rings. The second-order valence-electron chi connectivity index (χ2n) is 2.57. The molecule has 4 heteroatoms. The average Bonchev–Trinajstić information content (AvgIpc) is 2.08. The Kier molecular flexibility index (Phi) is 3.90. The molecule has 0 saturated carbocycles. The minimum atomic E-state index is -0.298. The van der Waals surface area contributed by atoms with Crippen molar-refractivity contribution in [3.05, 3.63) is 28.8 Å². The van der Waals surface area contributed by atoms with Gasteiger partial charge in [0.05, 0.1) is 17.0 Å². The highest BCUT2D eigenvalue weighted by Gasteiger charge is 2.05. The summed E-state index contributed by atoms with van der Waals surface area (Å²) in [5.74, 6) is 0.682. The number of thiol groups is 1. The Labute approximate surface area is 88.4 Å². The summed E-state index contributed by atoms with van der Waals surface area (Å²) in [5.41, 5.74) is 6.46. The van der Waals surface area contributed by atoms with E-state index in [2.05, 4.69) is 12.6 Å². The van der Waals surface area contributed by atoms with E-state index >= 15 is 0 Å². The molecule has 1 rings (SSSR count). The quantitative estimate of drug-likeness (QED) is 0.603. The van der Waals surface area contributed by atoms with Crippen LogP contribution in [0.5, 0.6) is 5.75 Å². The highest BCUT2D eigenvalue weighted by Crippen LogP contribution is 2.28. The van der Waals surface area contributed by atoms with E-state index in [4.69, 9.17) is 22.1 Å². The smallest absolute Gasteiger partial charge is 0.137 e. The highest BCUT2D eigenvalue weighted by molar-refractivity contribution is 7.80. The minimum Gasteiger partial charge on any atom is -0.492 e. The molecule has 1 atom stereocenters. The zero-order valence-electron chi connectivity index (χ0n) is 7.33. The van der Waals surface area contributed by atoms with Crippen LogP contribution in [0.3, 0.4) is 0 Å². The van der Waals surface area contributed by atoms with E-state index in [9.17, 15) is 0 Å². The first kappa shape index (κ1) is 10.7. The maximum Gasteiger partial charge on any atom is 0.137 e. The van der Waals surface area contributed by atoms with Crippen LogP contribution in [0.1, 0.15) is 17.9 Å². The van der Waals surface area contributed by atoms with Crippen LogP contribution in [0.4, 0.5) is 0 Å². The van der Waals surface area contributed by atoms with Crippen LogP contribution in [0.15, 0.2) is 18.2 Å². The van der Waals surface area contributed by atoms with Gasteiger partial charge < -0.3 is 10.5 Å². The highest BCUT2D eigenvalue weighted by atomic mass is 35.5. The van der Waals surface area contributed by atoms with Crippen molar-refractivity contribution >= 4 is 24.2 Å². The molecule has 0 saturated heterocycles. The summed E-state index contributed by atoms with van der Waals surface area (Å²) in [6.45, 7) is 2.51. The monoisotopic (exact) mass is 217 g/mol. The van der Waals surface area contributed by atoms with Gasteiger partial charge in [0.1, 0.15) is 5.75 Å². The minimum absolute atomic E-state index is 0.298. The molecule has 0 aliphatic rings. The lowest BCUT2D eigenvalue weighted by Gasteiger charge is -2.09. The van der Waals surface area contributed by atoms with E-state index in [-0.39, 0.29) is 5.37 Å². The summed E-state index contributed by atoms with van der Waals surface area (Å²) in [5, 5.41) is 0.275. The first-order valence-corrected chi connectivity index (χ1v) is 4.90. The molecule has 1 aromatic carbocycles. The summed E-state index contributed by atoms with van der Waals surface area (Å²) in [4.78, 5) is 0. The van der Waals surface area contributed by atoms with Crippen LogP contribution in [0.2, 0.25) is 5.02 Å². The van der Waals surface area contributed by atoms with E-state index in [1.54, 1.807) is 12.1 Å². The Morgan fingerprint density at radius 1 is 1.62 bits per heavy atom. The average molecular weight is 218 g/mol. The van der Waals surface area contributed by atoms with Crippen LogP contribution < -0.4 is 10.5 Å². The summed E-state index contributed by atoms with van der Waals surface area (Å²) in [6.07, 6.45) is 0. The number of nitrogens with two attached hydrogens (primary N) is 1. The second-order valence-corrected chi connectivity index (χ2v) is 3.53. The molecule has 0 amide bonds. The van der Waals surface area contributed by atoms with Gasteiger partial charge >= 0.3 is 0 Å². The molecule has 0 aliphatic heterocycles. The first-order chi connectivity index (χ1) is 6.15. The molecule has 0 aliphatic carbocycles. The largest absolute Gasteiger partial charge is 0.492 e. The lowest BCUT2D eigenvalue weighted by molar-refractivity contribution is 0.340. The molecule has 0 heterocycles. The van der Waals surface area contributed by atoms with Crippen molar-refractivity contribution in [3.63, 3.8) is 0 Å². The van der Waals surface area contributed by atoms with Crippen molar-refractivity contribution in [1.29, 1.82) is 0 Å². The van der Waals surface area contributed by atoms with Crippen LogP contribution in [0.25, 0.3) is 0 Å². The van der Waals surface area contributed by atoms with Gasteiger partial charge in [0, 0.05) is 0 Å². The molecule has 0 aromatic heterocycles. The summed E-state index contributed by atoms with van der Waals surface area (Å²) < 4.78 is 5.27. The van der Waals surface area contributed by atoms with E-state index in [0.717, 1.165) is 5.56 Å². The van der Waals surface area contributed by atoms with E-state index < -0.39 is 0 Å². The fraction of sp³-hybridized carbons (Fsp3) is 0.333. The maximum absolute atomic E-state index is 5.94. The summed E-state index contributed by atoms with van der Waals surface area (Å²) in [6, 6.07) is 5.43. The van der Waals surface area contributed by atoms with E-state index in [1.165, 1.54) is 0 Å². The third-order valence-corrected chi connectivity index (χ3v) is 2.19. The van der Waals surface area contributed by atoms with Crippen molar-refractivity contribution in [3.8, 4) is 5.75 Å². The lowest BCUT2D eigenvalue weighted by atomic mass is 10.2. The number of halogens is 1. The van der Waals surface area contributed by atoms with Crippen LogP contribution >= 0.6 is 24.2 Å². The molecular formula is C9H12ClNOS. The molecular weight excluding hydrogens is 206 g/mol. The van der Waals surface area contributed by atoms with Crippen LogP contribution in [0, 0.1) is 0 Å². The van der Waals surface area contributed by atoms with Crippen LogP contribution in [-0.4, -0.2) is 6.61 Å². The zero-order valence-corrected chi connectivity index (χ0v) is 8.98. The Hall–Kier alpha value is -0.380. The number of hydrogen-bond acceptors (Lipinski definition) is 3. The summed E-state index contributed by atoms with van der Waals surface area (Å²) in [7, 11) is 0. The molecule has 0 bridgehead atoms. The second kappa shape index (κ2) is 4.74. The van der Waals surface area contributed by atoms with Gasteiger partial charge in [-0.2, -0.15) is 12.6 Å².